The molecule has 1 rings (SSSR count). The van der Waals surface area contributed by atoms with Crippen LogP contribution in [0, 0.1) is 11.8 Å². The number of hydrogen-bond acceptors (Lipinski definition) is 3. The highest BCUT2D eigenvalue weighted by Crippen LogP contribution is 1.94. The molecule has 16 heavy (non-hydrogen) atoms. The lowest BCUT2D eigenvalue weighted by atomic mass is 10.2. The summed E-state index contributed by atoms with van der Waals surface area (Å²) in [5.41, 5.74) is 8.05. The van der Waals surface area contributed by atoms with Crippen LogP contribution in [0.15, 0.2) is 29.2 Å². The van der Waals surface area contributed by atoms with Gasteiger partial charge in [0.05, 0.1) is 11.8 Å². The lowest BCUT2D eigenvalue weighted by Gasteiger charge is -1.93. The van der Waals surface area contributed by atoms with Gasteiger partial charge in [0.2, 0.25) is 0 Å². The third kappa shape index (κ3) is 3.62. The second kappa shape index (κ2) is 5.76. The third-order valence-electron chi connectivity index (χ3n) is 2.01. The molecule has 84 valence electrons. The summed E-state index contributed by atoms with van der Waals surface area (Å²) in [5.74, 6) is 5.94. The smallest absolute Gasteiger partial charge is 0.109 e. The molecule has 0 saturated carbocycles. The SMILES string of the molecule is CC/C(N)=C/C(C#Cc1cnn(C)c1)=NC. The fourth-order valence-corrected chi connectivity index (χ4v) is 1.06. The Hall–Kier alpha value is -2.02. The maximum atomic E-state index is 5.72. The van der Waals surface area contributed by atoms with Gasteiger partial charge in [-0.25, -0.2) is 0 Å². The van der Waals surface area contributed by atoms with E-state index in [0.717, 1.165) is 17.7 Å². The van der Waals surface area contributed by atoms with E-state index >= 15 is 0 Å². The van der Waals surface area contributed by atoms with Crippen LogP contribution >= 0.6 is 0 Å². The van der Waals surface area contributed by atoms with Crippen molar-refractivity contribution in [1.82, 2.24) is 9.78 Å². The van der Waals surface area contributed by atoms with E-state index in [4.69, 9.17) is 5.73 Å². The monoisotopic (exact) mass is 216 g/mol. The number of hydrogen-bond donors (Lipinski definition) is 1. The van der Waals surface area contributed by atoms with Crippen LogP contribution in [0.1, 0.15) is 18.9 Å². The van der Waals surface area contributed by atoms with E-state index in [0.29, 0.717) is 5.71 Å². The van der Waals surface area contributed by atoms with Gasteiger partial charge in [-0.2, -0.15) is 5.10 Å². The van der Waals surface area contributed by atoms with E-state index in [1.807, 2.05) is 20.2 Å². The predicted molar refractivity (Wildman–Crippen MR) is 66.0 cm³/mol. The molecule has 1 aromatic rings. The summed E-state index contributed by atoms with van der Waals surface area (Å²) < 4.78 is 1.71. The van der Waals surface area contributed by atoms with Crippen molar-refractivity contribution < 1.29 is 0 Å². The summed E-state index contributed by atoms with van der Waals surface area (Å²) in [7, 11) is 3.56. The summed E-state index contributed by atoms with van der Waals surface area (Å²) in [6.45, 7) is 1.99. The van der Waals surface area contributed by atoms with Gasteiger partial charge in [0.15, 0.2) is 0 Å². The van der Waals surface area contributed by atoms with Crippen molar-refractivity contribution in [3.05, 3.63) is 29.7 Å². The van der Waals surface area contributed by atoms with E-state index in [1.165, 1.54) is 0 Å². The summed E-state index contributed by atoms with van der Waals surface area (Å²) in [6, 6.07) is 0. The maximum Gasteiger partial charge on any atom is 0.109 e. The molecule has 0 aliphatic heterocycles. The van der Waals surface area contributed by atoms with Crippen molar-refractivity contribution in [2.75, 3.05) is 7.05 Å². The zero-order chi connectivity index (χ0) is 12.0. The molecule has 1 heterocycles. The first-order valence-corrected chi connectivity index (χ1v) is 5.09. The molecule has 1 aromatic heterocycles. The first-order valence-electron chi connectivity index (χ1n) is 5.09. The first kappa shape index (κ1) is 12.1. The standard InChI is InChI=1S/C12H16N4/c1-4-11(13)7-12(14-2)6-5-10-8-15-16(3)9-10/h7-9H,4,13H2,1-3H3/b11-7-,14-12?. The lowest BCUT2D eigenvalue weighted by molar-refractivity contribution is 0.767. The van der Waals surface area contributed by atoms with Gasteiger partial charge in [-0.3, -0.25) is 9.67 Å². The molecule has 2 N–H and O–H groups in total. The van der Waals surface area contributed by atoms with Crippen LogP contribution in [0.2, 0.25) is 0 Å². The average Bonchev–Trinajstić information content (AvgIpc) is 2.69. The van der Waals surface area contributed by atoms with Crippen LogP contribution in [0.3, 0.4) is 0 Å². The predicted octanol–water partition coefficient (Wildman–Crippen LogP) is 1.09. The summed E-state index contributed by atoms with van der Waals surface area (Å²) >= 11 is 0. The maximum absolute atomic E-state index is 5.72. The molecule has 0 saturated heterocycles. The Kier molecular flexibility index (Phi) is 4.34. The highest BCUT2D eigenvalue weighted by atomic mass is 15.2. The molecular weight excluding hydrogens is 200 g/mol. The summed E-state index contributed by atoms with van der Waals surface area (Å²) in [6.07, 6.45) is 6.16. The van der Waals surface area contributed by atoms with Crippen molar-refractivity contribution in [2.45, 2.75) is 13.3 Å². The van der Waals surface area contributed by atoms with Gasteiger partial charge in [-0.15, -0.1) is 0 Å². The van der Waals surface area contributed by atoms with Crippen molar-refractivity contribution >= 4 is 5.71 Å². The quantitative estimate of drug-likeness (QED) is 0.594. The molecule has 4 heteroatoms. The number of aliphatic imine (C=N–C) groups is 1. The number of aromatic nitrogens is 2. The van der Waals surface area contributed by atoms with Gasteiger partial charge in [-0.1, -0.05) is 12.8 Å². The van der Waals surface area contributed by atoms with Gasteiger partial charge in [0.1, 0.15) is 5.71 Å². The molecule has 0 radical (unpaired) electrons. The number of rotatable bonds is 2. The van der Waals surface area contributed by atoms with E-state index < -0.39 is 0 Å². The largest absolute Gasteiger partial charge is 0.402 e. The van der Waals surface area contributed by atoms with Gasteiger partial charge in [0.25, 0.3) is 0 Å². The second-order valence-electron chi connectivity index (χ2n) is 3.33. The van der Waals surface area contributed by atoms with E-state index in [9.17, 15) is 0 Å². The Morgan fingerprint density at radius 3 is 2.94 bits per heavy atom. The zero-order valence-corrected chi connectivity index (χ0v) is 9.86. The van der Waals surface area contributed by atoms with Crippen LogP contribution in [-0.2, 0) is 7.05 Å². The highest BCUT2D eigenvalue weighted by Gasteiger charge is 1.92. The third-order valence-corrected chi connectivity index (χ3v) is 2.01. The van der Waals surface area contributed by atoms with E-state index in [2.05, 4.69) is 21.9 Å². The van der Waals surface area contributed by atoms with Crippen molar-refractivity contribution in [3.8, 4) is 11.8 Å². The van der Waals surface area contributed by atoms with Gasteiger partial charge < -0.3 is 5.73 Å². The number of aryl methyl sites for hydroxylation is 1. The first-order chi connectivity index (χ1) is 7.65. The summed E-state index contributed by atoms with van der Waals surface area (Å²) in [5, 5.41) is 4.03. The molecule has 0 fully saturated rings. The Morgan fingerprint density at radius 1 is 1.69 bits per heavy atom. The Morgan fingerprint density at radius 2 is 2.44 bits per heavy atom. The fourth-order valence-electron chi connectivity index (χ4n) is 1.06. The molecule has 0 unspecified atom stereocenters. The molecule has 0 atom stereocenters. The Balaban J connectivity index is 2.83. The molecule has 4 nitrogen and oxygen atoms in total. The van der Waals surface area contributed by atoms with Crippen molar-refractivity contribution in [2.24, 2.45) is 17.8 Å². The van der Waals surface area contributed by atoms with Gasteiger partial charge in [-0.05, 0) is 18.4 Å². The second-order valence-corrected chi connectivity index (χ2v) is 3.33. The lowest BCUT2D eigenvalue weighted by Crippen LogP contribution is -1.99. The van der Waals surface area contributed by atoms with Crippen LogP contribution in [0.4, 0.5) is 0 Å². The molecule has 0 aliphatic rings. The Labute approximate surface area is 95.9 Å². The van der Waals surface area contributed by atoms with Gasteiger partial charge >= 0.3 is 0 Å². The van der Waals surface area contributed by atoms with Crippen molar-refractivity contribution in [3.63, 3.8) is 0 Å². The minimum atomic E-state index is 0.684. The van der Waals surface area contributed by atoms with Crippen LogP contribution in [0.25, 0.3) is 0 Å². The fraction of sp³-hybridized carbons (Fsp3) is 0.333. The number of allylic oxidation sites excluding steroid dienone is 2. The molecule has 0 spiro atoms. The van der Waals surface area contributed by atoms with Crippen molar-refractivity contribution in [1.29, 1.82) is 0 Å². The van der Waals surface area contributed by atoms with E-state index in [-0.39, 0.29) is 0 Å². The van der Waals surface area contributed by atoms with E-state index in [1.54, 1.807) is 24.0 Å². The Bertz CT molecular complexity index is 469. The minimum Gasteiger partial charge on any atom is -0.402 e. The molecule has 0 aliphatic carbocycles. The number of nitrogens with zero attached hydrogens (tertiary/aromatic N) is 3. The van der Waals surface area contributed by atoms with Crippen LogP contribution < -0.4 is 5.73 Å². The zero-order valence-electron chi connectivity index (χ0n) is 9.86. The molecule has 0 amide bonds. The summed E-state index contributed by atoms with van der Waals surface area (Å²) in [4.78, 5) is 4.06. The normalized spacial score (nSPS) is 12.2. The minimum absolute atomic E-state index is 0.684. The average molecular weight is 216 g/mol. The topological polar surface area (TPSA) is 56.2 Å². The number of nitrogens with two attached hydrogens (primary N) is 1. The van der Waals surface area contributed by atoms with Crippen LogP contribution in [0.5, 0.6) is 0 Å². The molecular formula is C12H16N4. The molecule has 0 bridgehead atoms. The van der Waals surface area contributed by atoms with Gasteiger partial charge in [0, 0.05) is 26.0 Å². The molecule has 0 aromatic carbocycles. The highest BCUT2D eigenvalue weighted by molar-refractivity contribution is 6.09. The van der Waals surface area contributed by atoms with Crippen LogP contribution in [-0.4, -0.2) is 22.5 Å².